The summed E-state index contributed by atoms with van der Waals surface area (Å²) < 4.78 is 5.20. The van der Waals surface area contributed by atoms with Gasteiger partial charge in [-0.3, -0.25) is 0 Å². The first-order valence-electron chi connectivity index (χ1n) is 5.41. The third-order valence-corrected chi connectivity index (χ3v) is 3.66. The molecular weight excluding hydrogens is 240 g/mol. The number of rotatable bonds is 3. The highest BCUT2D eigenvalue weighted by Crippen LogP contribution is 2.14. The Morgan fingerprint density at radius 3 is 3.29 bits per heavy atom. The van der Waals surface area contributed by atoms with E-state index in [-0.39, 0.29) is 0 Å². The summed E-state index contributed by atoms with van der Waals surface area (Å²) >= 11 is 1.95. The van der Waals surface area contributed by atoms with Gasteiger partial charge in [-0.25, -0.2) is 0 Å². The summed E-state index contributed by atoms with van der Waals surface area (Å²) in [5, 5.41) is 17.4. The molecular formula is C9H12N6OS. The summed E-state index contributed by atoms with van der Waals surface area (Å²) in [6.07, 6.45) is 2.33. The van der Waals surface area contributed by atoms with Gasteiger partial charge < -0.3 is 9.84 Å². The van der Waals surface area contributed by atoms with Crippen molar-refractivity contribution in [3.63, 3.8) is 0 Å². The number of thioether (sulfide) groups is 1. The van der Waals surface area contributed by atoms with Crippen LogP contribution in [0, 0.1) is 0 Å². The molecule has 90 valence electrons. The number of nitrogens with zero attached hydrogens (tertiary/aromatic N) is 4. The van der Waals surface area contributed by atoms with E-state index in [0.717, 1.165) is 18.7 Å². The molecule has 1 unspecified atom stereocenters. The minimum atomic E-state index is 0.416. The second-order valence-corrected chi connectivity index (χ2v) is 4.95. The molecule has 8 heteroatoms. The molecule has 0 amide bonds. The summed E-state index contributed by atoms with van der Waals surface area (Å²) in [7, 11) is 0. The van der Waals surface area contributed by atoms with Gasteiger partial charge in [0.15, 0.2) is 5.69 Å². The molecule has 3 heterocycles. The maximum absolute atomic E-state index is 5.20. The van der Waals surface area contributed by atoms with Crippen LogP contribution in [0.1, 0.15) is 5.89 Å². The maximum Gasteiger partial charge on any atom is 0.228 e. The molecule has 0 radical (unpaired) electrons. The lowest BCUT2D eigenvalue weighted by molar-refractivity contribution is 0.363. The number of hydrogen-bond donors (Lipinski definition) is 2. The van der Waals surface area contributed by atoms with Crippen LogP contribution in [0.5, 0.6) is 0 Å². The fourth-order valence-electron chi connectivity index (χ4n) is 1.71. The zero-order valence-corrected chi connectivity index (χ0v) is 9.90. The standard InChI is InChI=1S/C9H12N6OS/c1-2-17-5-6(10-1)3-8-12-9(14-16-8)7-4-11-15-13-7/h4,6,10H,1-3,5H2,(H,11,13,15). The number of aromatic nitrogens is 5. The van der Waals surface area contributed by atoms with Gasteiger partial charge in [-0.05, 0) is 0 Å². The Balaban J connectivity index is 1.68. The second kappa shape index (κ2) is 4.84. The van der Waals surface area contributed by atoms with Crippen LogP contribution in [0.25, 0.3) is 11.5 Å². The molecule has 7 nitrogen and oxygen atoms in total. The van der Waals surface area contributed by atoms with Gasteiger partial charge in [0.2, 0.25) is 11.7 Å². The van der Waals surface area contributed by atoms with Gasteiger partial charge in [-0.2, -0.15) is 32.2 Å². The predicted octanol–water partition coefficient (Wildman–Crippen LogP) is 0.102. The first-order valence-corrected chi connectivity index (χ1v) is 6.57. The average Bonchev–Trinajstić information content (AvgIpc) is 3.00. The lowest BCUT2D eigenvalue weighted by Gasteiger charge is -2.21. The zero-order chi connectivity index (χ0) is 11.5. The third kappa shape index (κ3) is 2.47. The van der Waals surface area contributed by atoms with Crippen molar-refractivity contribution in [1.29, 1.82) is 0 Å². The summed E-state index contributed by atoms with van der Waals surface area (Å²) in [5.41, 5.74) is 0.603. The predicted molar refractivity (Wildman–Crippen MR) is 62.5 cm³/mol. The Morgan fingerprint density at radius 2 is 2.53 bits per heavy atom. The largest absolute Gasteiger partial charge is 0.339 e. The van der Waals surface area contributed by atoms with Crippen LogP contribution in [0.2, 0.25) is 0 Å². The van der Waals surface area contributed by atoms with Crippen LogP contribution in [0.4, 0.5) is 0 Å². The molecule has 0 aliphatic carbocycles. The molecule has 3 rings (SSSR count). The molecule has 2 aromatic rings. The van der Waals surface area contributed by atoms with Crippen LogP contribution in [-0.4, -0.2) is 49.6 Å². The van der Waals surface area contributed by atoms with E-state index in [4.69, 9.17) is 4.52 Å². The first kappa shape index (κ1) is 10.7. The van der Waals surface area contributed by atoms with E-state index in [1.165, 1.54) is 5.75 Å². The van der Waals surface area contributed by atoms with E-state index in [1.807, 2.05) is 11.8 Å². The van der Waals surface area contributed by atoms with Crippen molar-refractivity contribution in [2.24, 2.45) is 0 Å². The second-order valence-electron chi connectivity index (χ2n) is 3.80. The summed E-state index contributed by atoms with van der Waals surface area (Å²) in [4.78, 5) is 4.30. The highest BCUT2D eigenvalue weighted by molar-refractivity contribution is 7.99. The molecule has 17 heavy (non-hydrogen) atoms. The van der Waals surface area contributed by atoms with Crippen molar-refractivity contribution in [3.8, 4) is 11.5 Å². The SMILES string of the molecule is c1n[nH]nc1-c1noc(CC2CSCCN2)n1. The summed E-state index contributed by atoms with van der Waals surface area (Å²) in [5.74, 6) is 3.38. The molecule has 0 saturated carbocycles. The van der Waals surface area contributed by atoms with E-state index in [9.17, 15) is 0 Å². The molecule has 0 bridgehead atoms. The zero-order valence-electron chi connectivity index (χ0n) is 9.09. The van der Waals surface area contributed by atoms with Crippen LogP contribution in [0.3, 0.4) is 0 Å². The Bertz CT molecular complexity index is 464. The molecule has 0 spiro atoms. The minimum absolute atomic E-state index is 0.416. The number of aromatic amines is 1. The average molecular weight is 252 g/mol. The van der Waals surface area contributed by atoms with Crippen LogP contribution in [0.15, 0.2) is 10.7 Å². The summed E-state index contributed by atoms with van der Waals surface area (Å²) in [6, 6.07) is 0.416. The fraction of sp³-hybridized carbons (Fsp3) is 0.556. The fourth-order valence-corrected chi connectivity index (χ4v) is 2.66. The van der Waals surface area contributed by atoms with E-state index in [0.29, 0.717) is 23.5 Å². The van der Waals surface area contributed by atoms with E-state index in [1.54, 1.807) is 6.20 Å². The maximum atomic E-state index is 5.20. The van der Waals surface area contributed by atoms with Crippen LogP contribution in [-0.2, 0) is 6.42 Å². The molecule has 2 aromatic heterocycles. The monoisotopic (exact) mass is 252 g/mol. The lowest BCUT2D eigenvalue weighted by atomic mass is 10.2. The third-order valence-electron chi connectivity index (χ3n) is 2.53. The molecule has 1 saturated heterocycles. The number of nitrogens with one attached hydrogen (secondary N) is 2. The smallest absolute Gasteiger partial charge is 0.228 e. The van der Waals surface area contributed by atoms with Crippen molar-refractivity contribution in [2.75, 3.05) is 18.1 Å². The molecule has 1 aliphatic heterocycles. The van der Waals surface area contributed by atoms with E-state index < -0.39 is 0 Å². The molecule has 1 fully saturated rings. The van der Waals surface area contributed by atoms with Gasteiger partial charge in [0.05, 0.1) is 6.20 Å². The van der Waals surface area contributed by atoms with Crippen LogP contribution < -0.4 is 5.32 Å². The number of H-pyrrole nitrogens is 1. The van der Waals surface area contributed by atoms with E-state index in [2.05, 4.69) is 30.9 Å². The topological polar surface area (TPSA) is 92.5 Å². The normalized spacial score (nSPS) is 20.6. The van der Waals surface area contributed by atoms with Crippen molar-refractivity contribution >= 4 is 11.8 Å². The van der Waals surface area contributed by atoms with E-state index >= 15 is 0 Å². The van der Waals surface area contributed by atoms with Gasteiger partial charge >= 0.3 is 0 Å². The molecule has 1 atom stereocenters. The lowest BCUT2D eigenvalue weighted by Crippen LogP contribution is -2.38. The molecule has 1 aliphatic rings. The number of hydrogen-bond acceptors (Lipinski definition) is 7. The van der Waals surface area contributed by atoms with Gasteiger partial charge in [0.1, 0.15) is 0 Å². The first-order chi connectivity index (χ1) is 8.42. The quantitative estimate of drug-likeness (QED) is 0.800. The van der Waals surface area contributed by atoms with Crippen molar-refractivity contribution in [2.45, 2.75) is 12.5 Å². The highest BCUT2D eigenvalue weighted by atomic mass is 32.2. The highest BCUT2D eigenvalue weighted by Gasteiger charge is 2.18. The molecule has 2 N–H and O–H groups in total. The van der Waals surface area contributed by atoms with Gasteiger partial charge in [0.25, 0.3) is 0 Å². The van der Waals surface area contributed by atoms with Gasteiger partial charge in [0, 0.05) is 30.5 Å². The minimum Gasteiger partial charge on any atom is -0.339 e. The van der Waals surface area contributed by atoms with Gasteiger partial charge in [-0.15, -0.1) is 0 Å². The Morgan fingerprint density at radius 1 is 1.53 bits per heavy atom. The Kier molecular flexibility index (Phi) is 3.06. The Hall–Kier alpha value is -1.41. The van der Waals surface area contributed by atoms with Crippen molar-refractivity contribution in [3.05, 3.63) is 12.1 Å². The van der Waals surface area contributed by atoms with Crippen molar-refractivity contribution in [1.82, 2.24) is 30.9 Å². The Labute approximate surface area is 102 Å². The summed E-state index contributed by atoms with van der Waals surface area (Å²) in [6.45, 7) is 1.04. The van der Waals surface area contributed by atoms with Crippen molar-refractivity contribution < 1.29 is 4.52 Å². The van der Waals surface area contributed by atoms with Gasteiger partial charge in [-0.1, -0.05) is 5.16 Å². The van der Waals surface area contributed by atoms with Crippen LogP contribution >= 0.6 is 11.8 Å². The molecule has 0 aromatic carbocycles.